The van der Waals surface area contributed by atoms with E-state index in [9.17, 15) is 9.18 Å². The molecule has 0 aliphatic heterocycles. The predicted octanol–water partition coefficient (Wildman–Crippen LogP) is 3.53. The van der Waals surface area contributed by atoms with Crippen molar-refractivity contribution < 1.29 is 9.18 Å². The number of carbonyl (C=O) groups excluding carboxylic acids is 1. The molecule has 4 nitrogen and oxygen atoms in total. The summed E-state index contributed by atoms with van der Waals surface area (Å²) in [5, 5.41) is 1.90. The molecule has 2 heterocycles. The van der Waals surface area contributed by atoms with Gasteiger partial charge < -0.3 is 4.57 Å². The molecular formula is C16H11ClFN3OS. The van der Waals surface area contributed by atoms with Crippen LogP contribution in [0, 0.1) is 5.82 Å². The Kier molecular flexibility index (Phi) is 4.64. The topological polar surface area (TPSA) is 47.2 Å². The quantitative estimate of drug-likeness (QED) is 0.680. The SMILES string of the molecule is O=C(N=c1sccn1Cc1ccccc1F)c1cccnc1Cl. The third-order valence-electron chi connectivity index (χ3n) is 3.15. The van der Waals surface area contributed by atoms with Crippen LogP contribution in [0.25, 0.3) is 0 Å². The molecule has 3 rings (SSSR count). The summed E-state index contributed by atoms with van der Waals surface area (Å²) < 4.78 is 15.5. The Labute approximate surface area is 140 Å². The van der Waals surface area contributed by atoms with Gasteiger partial charge in [-0.3, -0.25) is 4.79 Å². The highest BCUT2D eigenvalue weighted by Gasteiger charge is 2.10. The number of hydrogen-bond donors (Lipinski definition) is 0. The van der Waals surface area contributed by atoms with Crippen molar-refractivity contribution in [3.05, 3.63) is 81.1 Å². The van der Waals surface area contributed by atoms with Crippen LogP contribution >= 0.6 is 22.9 Å². The molecule has 0 bridgehead atoms. The van der Waals surface area contributed by atoms with Crippen LogP contribution in [0.1, 0.15) is 15.9 Å². The molecule has 2 aromatic heterocycles. The number of hydrogen-bond acceptors (Lipinski definition) is 3. The fourth-order valence-electron chi connectivity index (χ4n) is 2.01. The number of aromatic nitrogens is 2. The minimum Gasteiger partial charge on any atom is -0.319 e. The lowest BCUT2D eigenvalue weighted by molar-refractivity contribution is 0.0997. The number of amides is 1. The largest absolute Gasteiger partial charge is 0.319 e. The Hall–Kier alpha value is -2.31. The maximum absolute atomic E-state index is 13.8. The molecule has 7 heteroatoms. The molecule has 0 fully saturated rings. The monoisotopic (exact) mass is 347 g/mol. The fourth-order valence-corrected chi connectivity index (χ4v) is 2.94. The van der Waals surface area contributed by atoms with Crippen molar-refractivity contribution in [2.24, 2.45) is 4.99 Å². The van der Waals surface area contributed by atoms with Crippen LogP contribution in [0.15, 0.2) is 59.2 Å². The lowest BCUT2D eigenvalue weighted by Gasteiger charge is -2.04. The van der Waals surface area contributed by atoms with Gasteiger partial charge in [0.1, 0.15) is 11.0 Å². The third-order valence-corrected chi connectivity index (χ3v) is 4.24. The minimum atomic E-state index is -0.479. The molecule has 0 saturated carbocycles. The first-order chi connectivity index (χ1) is 11.1. The van der Waals surface area contributed by atoms with Crippen LogP contribution in [-0.4, -0.2) is 15.5 Å². The number of carbonyl (C=O) groups is 1. The first kappa shape index (κ1) is 15.6. The van der Waals surface area contributed by atoms with Gasteiger partial charge in [0.25, 0.3) is 5.91 Å². The Morgan fingerprint density at radius 2 is 2.13 bits per heavy atom. The molecule has 0 atom stereocenters. The third kappa shape index (κ3) is 3.55. The van der Waals surface area contributed by atoms with E-state index in [0.717, 1.165) is 0 Å². The number of rotatable bonds is 3. The summed E-state index contributed by atoms with van der Waals surface area (Å²) >= 11 is 7.20. The van der Waals surface area contributed by atoms with Gasteiger partial charge in [0.05, 0.1) is 12.1 Å². The van der Waals surface area contributed by atoms with Crippen molar-refractivity contribution in [3.63, 3.8) is 0 Å². The van der Waals surface area contributed by atoms with E-state index in [-0.39, 0.29) is 16.5 Å². The summed E-state index contributed by atoms with van der Waals surface area (Å²) in [4.78, 5) is 20.6. The van der Waals surface area contributed by atoms with Gasteiger partial charge in [-0.15, -0.1) is 11.3 Å². The van der Waals surface area contributed by atoms with E-state index in [4.69, 9.17) is 11.6 Å². The van der Waals surface area contributed by atoms with Gasteiger partial charge in [-0.1, -0.05) is 29.8 Å². The summed E-state index contributed by atoms with van der Waals surface area (Å²) in [6, 6.07) is 9.69. The average Bonchev–Trinajstić information content (AvgIpc) is 2.97. The number of pyridine rings is 1. The van der Waals surface area contributed by atoms with Crippen LogP contribution < -0.4 is 4.80 Å². The predicted molar refractivity (Wildman–Crippen MR) is 87.0 cm³/mol. The van der Waals surface area contributed by atoms with Crippen LogP contribution in [-0.2, 0) is 6.54 Å². The van der Waals surface area contributed by atoms with Crippen molar-refractivity contribution in [3.8, 4) is 0 Å². The van der Waals surface area contributed by atoms with E-state index in [1.165, 1.54) is 23.6 Å². The molecule has 0 radical (unpaired) electrons. The molecule has 0 N–H and O–H groups in total. The maximum atomic E-state index is 13.8. The smallest absolute Gasteiger partial charge is 0.282 e. The van der Waals surface area contributed by atoms with Crippen molar-refractivity contribution in [1.82, 2.24) is 9.55 Å². The summed E-state index contributed by atoms with van der Waals surface area (Å²) in [5.41, 5.74) is 0.763. The van der Waals surface area contributed by atoms with Gasteiger partial charge in [0.2, 0.25) is 0 Å². The summed E-state index contributed by atoms with van der Waals surface area (Å²) in [7, 11) is 0. The zero-order valence-electron chi connectivity index (χ0n) is 11.8. The highest BCUT2D eigenvalue weighted by molar-refractivity contribution is 7.07. The van der Waals surface area contributed by atoms with Gasteiger partial charge in [0.15, 0.2) is 4.80 Å². The van der Waals surface area contributed by atoms with Gasteiger partial charge in [-0.2, -0.15) is 4.99 Å². The summed E-state index contributed by atoms with van der Waals surface area (Å²) in [6.07, 6.45) is 3.26. The number of nitrogens with zero attached hydrogens (tertiary/aromatic N) is 3. The van der Waals surface area contributed by atoms with E-state index >= 15 is 0 Å². The zero-order valence-corrected chi connectivity index (χ0v) is 13.4. The summed E-state index contributed by atoms with van der Waals surface area (Å²) in [5.74, 6) is -0.772. The molecule has 0 aliphatic rings. The van der Waals surface area contributed by atoms with Crippen molar-refractivity contribution >= 4 is 28.8 Å². The standard InChI is InChI=1S/C16H11ClFN3OS/c17-14-12(5-3-7-19-14)15(22)20-16-21(8-9-23-16)10-11-4-1-2-6-13(11)18/h1-9H,10H2. The normalized spacial score (nSPS) is 11.7. The van der Waals surface area contributed by atoms with Gasteiger partial charge in [-0.05, 0) is 18.2 Å². The second-order valence-electron chi connectivity index (χ2n) is 4.66. The molecule has 1 aromatic carbocycles. The van der Waals surface area contributed by atoms with Crippen LogP contribution in [0.2, 0.25) is 5.15 Å². The molecule has 23 heavy (non-hydrogen) atoms. The highest BCUT2D eigenvalue weighted by atomic mass is 35.5. The van der Waals surface area contributed by atoms with E-state index in [1.54, 1.807) is 46.5 Å². The van der Waals surface area contributed by atoms with Crippen molar-refractivity contribution in [2.45, 2.75) is 6.54 Å². The Morgan fingerprint density at radius 1 is 1.30 bits per heavy atom. The highest BCUT2D eigenvalue weighted by Crippen LogP contribution is 2.13. The molecule has 1 amide bonds. The lowest BCUT2D eigenvalue weighted by Crippen LogP contribution is -2.17. The maximum Gasteiger partial charge on any atom is 0.282 e. The van der Waals surface area contributed by atoms with E-state index in [1.807, 2.05) is 0 Å². The molecule has 3 aromatic rings. The van der Waals surface area contributed by atoms with Crippen LogP contribution in [0.5, 0.6) is 0 Å². The fraction of sp³-hybridized carbons (Fsp3) is 0.0625. The van der Waals surface area contributed by atoms with Crippen LogP contribution in [0.3, 0.4) is 0 Å². The minimum absolute atomic E-state index is 0.110. The first-order valence-corrected chi connectivity index (χ1v) is 7.98. The Bertz CT molecular complexity index is 919. The van der Waals surface area contributed by atoms with Crippen molar-refractivity contribution in [2.75, 3.05) is 0 Å². The van der Waals surface area contributed by atoms with E-state index in [0.29, 0.717) is 16.9 Å². The van der Waals surface area contributed by atoms with Gasteiger partial charge >= 0.3 is 0 Å². The zero-order chi connectivity index (χ0) is 16.2. The number of benzene rings is 1. The van der Waals surface area contributed by atoms with Crippen molar-refractivity contribution in [1.29, 1.82) is 0 Å². The van der Waals surface area contributed by atoms with E-state index in [2.05, 4.69) is 9.98 Å². The molecule has 0 saturated heterocycles. The molecule has 116 valence electrons. The summed E-state index contributed by atoms with van der Waals surface area (Å²) in [6.45, 7) is 0.295. The molecular weight excluding hydrogens is 337 g/mol. The van der Waals surface area contributed by atoms with Gasteiger partial charge in [0, 0.05) is 23.3 Å². The second-order valence-corrected chi connectivity index (χ2v) is 5.89. The Balaban J connectivity index is 1.93. The first-order valence-electron chi connectivity index (χ1n) is 6.72. The van der Waals surface area contributed by atoms with E-state index < -0.39 is 5.91 Å². The number of halogens is 2. The number of thiazole rings is 1. The molecule has 0 aliphatic carbocycles. The van der Waals surface area contributed by atoms with Gasteiger partial charge in [-0.25, -0.2) is 9.37 Å². The second kappa shape index (κ2) is 6.85. The Morgan fingerprint density at radius 3 is 2.91 bits per heavy atom. The average molecular weight is 348 g/mol. The molecule has 0 spiro atoms. The molecule has 0 unspecified atom stereocenters. The van der Waals surface area contributed by atoms with Crippen LogP contribution in [0.4, 0.5) is 4.39 Å². The lowest BCUT2D eigenvalue weighted by atomic mass is 10.2.